The fourth-order valence-electron chi connectivity index (χ4n) is 2.62. The van der Waals surface area contributed by atoms with Crippen molar-refractivity contribution in [2.45, 2.75) is 32.9 Å². The molecule has 0 unspecified atom stereocenters. The molecule has 0 aliphatic carbocycles. The third-order valence-electron chi connectivity index (χ3n) is 3.71. The maximum atomic E-state index is 4.48. The van der Waals surface area contributed by atoms with Crippen molar-refractivity contribution in [1.29, 1.82) is 0 Å². The van der Waals surface area contributed by atoms with Crippen LogP contribution in [0.1, 0.15) is 27.4 Å². The molecule has 0 spiro atoms. The van der Waals surface area contributed by atoms with E-state index < -0.39 is 0 Å². The lowest BCUT2D eigenvalue weighted by Gasteiger charge is -2.18. The molecule has 0 atom stereocenters. The van der Waals surface area contributed by atoms with Gasteiger partial charge in [0.05, 0.1) is 10.7 Å². The van der Waals surface area contributed by atoms with Gasteiger partial charge >= 0.3 is 0 Å². The van der Waals surface area contributed by atoms with Crippen LogP contribution in [-0.2, 0) is 25.9 Å². The standard InChI is InChI=1S/C16H21N3S/c1-12-19-16(11-20-12)5-7-17-9-13-2-3-14-4-6-18-10-15(14)8-13/h2-3,8,11,17-18H,4-7,9-10H2,1H3. The average Bonchev–Trinajstić information content (AvgIpc) is 2.89. The molecule has 20 heavy (non-hydrogen) atoms. The zero-order chi connectivity index (χ0) is 13.8. The molecule has 1 aliphatic rings. The van der Waals surface area contributed by atoms with Crippen LogP contribution in [0.3, 0.4) is 0 Å². The lowest BCUT2D eigenvalue weighted by Crippen LogP contribution is -2.24. The van der Waals surface area contributed by atoms with Gasteiger partial charge in [0, 0.05) is 31.4 Å². The first-order chi connectivity index (χ1) is 9.81. The van der Waals surface area contributed by atoms with Crippen molar-refractivity contribution in [3.8, 4) is 0 Å². The Morgan fingerprint density at radius 2 is 2.30 bits per heavy atom. The number of nitrogens with zero attached hydrogens (tertiary/aromatic N) is 1. The number of hydrogen-bond acceptors (Lipinski definition) is 4. The van der Waals surface area contributed by atoms with Gasteiger partial charge in [0.15, 0.2) is 0 Å². The number of rotatable bonds is 5. The monoisotopic (exact) mass is 287 g/mol. The Kier molecular flexibility index (Phi) is 4.45. The molecule has 2 aromatic rings. The van der Waals surface area contributed by atoms with Crippen molar-refractivity contribution in [2.24, 2.45) is 0 Å². The molecule has 0 amide bonds. The van der Waals surface area contributed by atoms with E-state index in [9.17, 15) is 0 Å². The molecule has 3 rings (SSSR count). The second kappa shape index (κ2) is 6.48. The minimum atomic E-state index is 0.941. The largest absolute Gasteiger partial charge is 0.312 e. The first-order valence-corrected chi connectivity index (χ1v) is 8.12. The van der Waals surface area contributed by atoms with Gasteiger partial charge in [-0.25, -0.2) is 4.98 Å². The maximum Gasteiger partial charge on any atom is 0.0897 e. The minimum absolute atomic E-state index is 0.941. The molecule has 2 heterocycles. The van der Waals surface area contributed by atoms with Gasteiger partial charge in [-0.3, -0.25) is 0 Å². The highest BCUT2D eigenvalue weighted by atomic mass is 32.1. The number of aromatic nitrogens is 1. The molecular weight excluding hydrogens is 266 g/mol. The topological polar surface area (TPSA) is 37.0 Å². The molecule has 0 radical (unpaired) electrons. The zero-order valence-electron chi connectivity index (χ0n) is 11.9. The van der Waals surface area contributed by atoms with Gasteiger partial charge in [-0.2, -0.15) is 0 Å². The molecule has 4 heteroatoms. The van der Waals surface area contributed by atoms with Crippen molar-refractivity contribution >= 4 is 11.3 Å². The van der Waals surface area contributed by atoms with E-state index in [4.69, 9.17) is 0 Å². The van der Waals surface area contributed by atoms with Crippen molar-refractivity contribution < 1.29 is 0 Å². The van der Waals surface area contributed by atoms with Gasteiger partial charge < -0.3 is 10.6 Å². The fraction of sp³-hybridized carbons (Fsp3) is 0.438. The number of thiazole rings is 1. The van der Waals surface area contributed by atoms with Crippen molar-refractivity contribution in [1.82, 2.24) is 15.6 Å². The third-order valence-corrected chi connectivity index (χ3v) is 4.53. The number of hydrogen-bond donors (Lipinski definition) is 2. The quantitative estimate of drug-likeness (QED) is 0.829. The molecule has 0 saturated carbocycles. The van der Waals surface area contributed by atoms with Crippen LogP contribution in [0.5, 0.6) is 0 Å². The summed E-state index contributed by atoms with van der Waals surface area (Å²) in [5, 5.41) is 10.3. The van der Waals surface area contributed by atoms with Gasteiger partial charge in [-0.1, -0.05) is 18.2 Å². The van der Waals surface area contributed by atoms with Gasteiger partial charge in [0.2, 0.25) is 0 Å². The molecule has 0 fully saturated rings. The van der Waals surface area contributed by atoms with Crippen LogP contribution in [0.2, 0.25) is 0 Å². The molecule has 1 aliphatic heterocycles. The summed E-state index contributed by atoms with van der Waals surface area (Å²) in [4.78, 5) is 4.48. The maximum absolute atomic E-state index is 4.48. The molecule has 2 N–H and O–H groups in total. The Hall–Kier alpha value is -1.23. The van der Waals surface area contributed by atoms with Crippen LogP contribution in [-0.4, -0.2) is 18.1 Å². The Morgan fingerprint density at radius 3 is 3.15 bits per heavy atom. The van der Waals surface area contributed by atoms with Gasteiger partial charge in [-0.05, 0) is 36.6 Å². The van der Waals surface area contributed by atoms with Gasteiger partial charge in [0.25, 0.3) is 0 Å². The molecule has 1 aromatic heterocycles. The lowest BCUT2D eigenvalue weighted by atomic mass is 9.98. The molecule has 3 nitrogen and oxygen atoms in total. The highest BCUT2D eigenvalue weighted by molar-refractivity contribution is 7.09. The number of benzene rings is 1. The molecular formula is C16H21N3S. The summed E-state index contributed by atoms with van der Waals surface area (Å²) in [5.74, 6) is 0. The second-order valence-electron chi connectivity index (χ2n) is 5.31. The number of nitrogens with one attached hydrogen (secondary N) is 2. The molecule has 1 aromatic carbocycles. The Balaban J connectivity index is 1.48. The summed E-state index contributed by atoms with van der Waals surface area (Å²) in [6.07, 6.45) is 2.17. The summed E-state index contributed by atoms with van der Waals surface area (Å²) in [6.45, 7) is 6.11. The predicted octanol–water partition coefficient (Wildman–Crippen LogP) is 2.43. The van der Waals surface area contributed by atoms with Gasteiger partial charge in [0.1, 0.15) is 0 Å². The van der Waals surface area contributed by atoms with Gasteiger partial charge in [-0.15, -0.1) is 11.3 Å². The van der Waals surface area contributed by atoms with Crippen LogP contribution in [0, 0.1) is 6.92 Å². The lowest BCUT2D eigenvalue weighted by molar-refractivity contribution is 0.638. The summed E-state index contributed by atoms with van der Waals surface area (Å²) < 4.78 is 0. The predicted molar refractivity (Wildman–Crippen MR) is 84.1 cm³/mol. The van der Waals surface area contributed by atoms with Crippen molar-refractivity contribution in [3.05, 3.63) is 51.0 Å². The number of fused-ring (bicyclic) bond motifs is 1. The Bertz CT molecular complexity index is 577. The van der Waals surface area contributed by atoms with Crippen LogP contribution < -0.4 is 10.6 Å². The average molecular weight is 287 g/mol. The van der Waals surface area contributed by atoms with E-state index in [1.807, 2.05) is 0 Å². The van der Waals surface area contributed by atoms with Crippen molar-refractivity contribution in [3.63, 3.8) is 0 Å². The summed E-state index contributed by atoms with van der Waals surface area (Å²) >= 11 is 1.73. The van der Waals surface area contributed by atoms with E-state index in [2.05, 4.69) is 46.1 Å². The smallest absolute Gasteiger partial charge is 0.0897 e. The molecule has 0 bridgehead atoms. The van der Waals surface area contributed by atoms with E-state index in [1.54, 1.807) is 11.3 Å². The highest BCUT2D eigenvalue weighted by Gasteiger charge is 2.08. The number of aryl methyl sites for hydroxylation is 1. The third kappa shape index (κ3) is 3.45. The van der Waals surface area contributed by atoms with E-state index in [0.29, 0.717) is 0 Å². The van der Waals surface area contributed by atoms with Crippen molar-refractivity contribution in [2.75, 3.05) is 13.1 Å². The van der Waals surface area contributed by atoms with Crippen LogP contribution in [0.4, 0.5) is 0 Å². The zero-order valence-corrected chi connectivity index (χ0v) is 12.7. The SMILES string of the molecule is Cc1nc(CCNCc2ccc3c(c2)CNCC3)cs1. The minimum Gasteiger partial charge on any atom is -0.312 e. The van der Waals surface area contributed by atoms with E-state index >= 15 is 0 Å². The van der Waals surface area contributed by atoms with E-state index in [1.165, 1.54) is 22.4 Å². The first kappa shape index (κ1) is 13.7. The van der Waals surface area contributed by atoms with E-state index in [0.717, 1.165) is 44.0 Å². The van der Waals surface area contributed by atoms with Crippen LogP contribution in [0.25, 0.3) is 0 Å². The summed E-state index contributed by atoms with van der Waals surface area (Å²) in [5.41, 5.74) is 5.55. The molecule has 106 valence electrons. The first-order valence-electron chi connectivity index (χ1n) is 7.24. The highest BCUT2D eigenvalue weighted by Crippen LogP contribution is 2.15. The Labute approximate surface area is 124 Å². The molecule has 0 saturated heterocycles. The normalized spacial score (nSPS) is 14.2. The van der Waals surface area contributed by atoms with E-state index in [-0.39, 0.29) is 0 Å². The summed E-state index contributed by atoms with van der Waals surface area (Å²) in [6, 6.07) is 6.88. The summed E-state index contributed by atoms with van der Waals surface area (Å²) in [7, 11) is 0. The van der Waals surface area contributed by atoms with Crippen LogP contribution >= 0.6 is 11.3 Å². The Morgan fingerprint density at radius 1 is 1.35 bits per heavy atom. The fourth-order valence-corrected chi connectivity index (χ4v) is 3.26. The second-order valence-corrected chi connectivity index (χ2v) is 6.38. The van der Waals surface area contributed by atoms with Crippen LogP contribution in [0.15, 0.2) is 23.6 Å².